The monoisotopic (exact) mass is 250 g/mol. The zero-order chi connectivity index (χ0) is 0. The average molecular weight is 248 g/mol. The maximum atomic E-state index is 0. The van der Waals surface area contributed by atoms with Crippen molar-refractivity contribution in [3.8, 4) is 0 Å². The van der Waals surface area contributed by atoms with Gasteiger partial charge in [0.2, 0.25) is 0 Å². The van der Waals surface area contributed by atoms with Crippen LogP contribution in [0.4, 0.5) is 0 Å². The van der Waals surface area contributed by atoms with E-state index in [-0.39, 0.29) is 69.1 Å². The average Bonchev–Trinajstić information content (AvgIpc) is 0. The summed E-state index contributed by atoms with van der Waals surface area (Å²) in [6.45, 7) is 0. The topological polar surface area (TPSA) is 31.5 Å². The van der Waals surface area contributed by atoms with E-state index in [9.17, 15) is 0 Å². The van der Waals surface area contributed by atoms with Gasteiger partial charge >= 0.3 is 42.8 Å². The van der Waals surface area contributed by atoms with Gasteiger partial charge in [-0.3, -0.25) is 0 Å². The molecule has 0 fully saturated rings. The van der Waals surface area contributed by atoms with Crippen LogP contribution in [-0.4, -0.2) is 29.4 Å². The molecule has 24 valence electrons. The molecule has 0 unspecified atom stereocenters. The predicted octanol–water partition coefficient (Wildman–Crippen LogP) is -4.63. The van der Waals surface area contributed by atoms with Crippen LogP contribution in [-0.2, 0) is 19.5 Å². The number of hydrogen-bond acceptors (Lipinski definition) is 0. The van der Waals surface area contributed by atoms with Gasteiger partial charge in [-0.2, -0.15) is 0 Å². The van der Waals surface area contributed by atoms with Gasteiger partial charge in [-0.25, -0.2) is 0 Å². The van der Waals surface area contributed by atoms with E-state index >= 15 is 0 Å². The van der Waals surface area contributed by atoms with E-state index in [0.29, 0.717) is 0 Å². The molecule has 4 heteroatoms. The van der Waals surface area contributed by atoms with Crippen molar-refractivity contribution < 1.29 is 45.2 Å². The van der Waals surface area contributed by atoms with Crippen molar-refractivity contribution in [1.29, 1.82) is 0 Å². The molecule has 0 aliphatic heterocycles. The van der Waals surface area contributed by atoms with E-state index in [1.807, 2.05) is 0 Å². The van der Waals surface area contributed by atoms with Crippen molar-refractivity contribution in [2.24, 2.45) is 0 Å². The second kappa shape index (κ2) is 20.1. The van der Waals surface area contributed by atoms with Gasteiger partial charge in [-0.1, -0.05) is 0 Å². The molecule has 0 rings (SSSR count). The Morgan fingerprint density at radius 1 is 1.25 bits per heavy atom. The Morgan fingerprint density at radius 2 is 1.25 bits per heavy atom. The first-order chi connectivity index (χ1) is 0. The molecule has 2 radical (unpaired) electrons. The molecule has 0 saturated carbocycles. The van der Waals surface area contributed by atoms with E-state index in [0.717, 1.165) is 0 Å². The van der Waals surface area contributed by atoms with Crippen LogP contribution in [0.25, 0.3) is 0 Å². The summed E-state index contributed by atoms with van der Waals surface area (Å²) >= 11 is 0. The first kappa shape index (κ1) is 37.8. The maximum absolute atomic E-state index is 0. The molecule has 0 atom stereocenters. The molecular weight excluding hydrogens is 243 g/mol. The Bertz CT molecular complexity index is 11.6. The molecule has 0 heterocycles. The molecule has 4 heavy (non-hydrogen) atoms. The molecule has 0 spiro atoms. The first-order valence-corrected chi connectivity index (χ1v) is 0. The SMILES string of the molecule is O.[H-].[Li+].[Ru].[SnH2]. The molecule has 0 amide bonds. The van der Waals surface area contributed by atoms with Gasteiger partial charge in [0.05, 0.1) is 0 Å². The Balaban J connectivity index is 0. The quantitative estimate of drug-likeness (QED) is 0.386. The minimum absolute atomic E-state index is 0. The van der Waals surface area contributed by atoms with Crippen LogP contribution in [0.3, 0.4) is 0 Å². The summed E-state index contributed by atoms with van der Waals surface area (Å²) in [4.78, 5) is 0. The van der Waals surface area contributed by atoms with Crippen LogP contribution < -0.4 is 18.9 Å². The van der Waals surface area contributed by atoms with E-state index in [4.69, 9.17) is 0 Å². The Labute approximate surface area is 68.6 Å². The van der Waals surface area contributed by atoms with Crippen molar-refractivity contribution in [1.82, 2.24) is 0 Å². The molecular formula is H5LiORuSn. The van der Waals surface area contributed by atoms with Gasteiger partial charge in [0, 0.05) is 19.5 Å². The summed E-state index contributed by atoms with van der Waals surface area (Å²) in [7, 11) is 0. The van der Waals surface area contributed by atoms with Crippen molar-refractivity contribution in [2.75, 3.05) is 0 Å². The zero-order valence-corrected chi connectivity index (χ0v) is 8.34. The fourth-order valence-corrected chi connectivity index (χ4v) is 0. The third-order valence-corrected chi connectivity index (χ3v) is 0. The van der Waals surface area contributed by atoms with Crippen molar-refractivity contribution in [3.05, 3.63) is 0 Å². The van der Waals surface area contributed by atoms with Crippen LogP contribution in [0.5, 0.6) is 0 Å². The third-order valence-electron chi connectivity index (χ3n) is 0. The van der Waals surface area contributed by atoms with Crippen LogP contribution in [0, 0.1) is 0 Å². The number of hydrogen-bond donors (Lipinski definition) is 0. The van der Waals surface area contributed by atoms with Crippen LogP contribution in [0.1, 0.15) is 1.43 Å². The van der Waals surface area contributed by atoms with Crippen molar-refractivity contribution in [2.45, 2.75) is 0 Å². The van der Waals surface area contributed by atoms with Crippen LogP contribution in [0.2, 0.25) is 0 Å². The Kier molecular flexibility index (Phi) is 190. The molecule has 0 aromatic heterocycles. The molecule has 0 saturated heterocycles. The molecule has 0 aliphatic carbocycles. The van der Waals surface area contributed by atoms with E-state index < -0.39 is 0 Å². The fourth-order valence-electron chi connectivity index (χ4n) is 0. The van der Waals surface area contributed by atoms with Crippen LogP contribution in [0.15, 0.2) is 0 Å². The van der Waals surface area contributed by atoms with E-state index in [2.05, 4.69) is 0 Å². The summed E-state index contributed by atoms with van der Waals surface area (Å²) in [6, 6.07) is 0. The van der Waals surface area contributed by atoms with Crippen molar-refractivity contribution >= 4 is 23.9 Å². The second-order valence-corrected chi connectivity index (χ2v) is 0. The summed E-state index contributed by atoms with van der Waals surface area (Å²) < 4.78 is 0. The Morgan fingerprint density at radius 3 is 1.25 bits per heavy atom. The van der Waals surface area contributed by atoms with Crippen molar-refractivity contribution in [3.63, 3.8) is 0 Å². The molecule has 2 N–H and O–H groups in total. The minimum atomic E-state index is 0. The molecule has 0 bridgehead atoms. The number of rotatable bonds is 0. The summed E-state index contributed by atoms with van der Waals surface area (Å²) in [6.07, 6.45) is 0. The van der Waals surface area contributed by atoms with Gasteiger partial charge in [-0.15, -0.1) is 0 Å². The molecule has 0 aliphatic rings. The first-order valence-electron chi connectivity index (χ1n) is 0. The van der Waals surface area contributed by atoms with E-state index in [1.54, 1.807) is 0 Å². The van der Waals surface area contributed by atoms with Crippen LogP contribution >= 0.6 is 0 Å². The van der Waals surface area contributed by atoms with Gasteiger partial charge in [-0.05, 0) is 0 Å². The molecule has 1 nitrogen and oxygen atoms in total. The van der Waals surface area contributed by atoms with E-state index in [1.165, 1.54) is 0 Å². The Hall–Kier alpha value is 1.98. The third kappa shape index (κ3) is 9.02. The van der Waals surface area contributed by atoms with Gasteiger partial charge in [0.25, 0.3) is 0 Å². The molecule has 0 aromatic carbocycles. The van der Waals surface area contributed by atoms with Gasteiger partial charge < -0.3 is 6.90 Å². The fraction of sp³-hybridized carbons (Fsp3) is 0. The molecule has 0 aromatic rings. The summed E-state index contributed by atoms with van der Waals surface area (Å²) in [5.41, 5.74) is 0. The van der Waals surface area contributed by atoms with Gasteiger partial charge in [0.1, 0.15) is 0 Å². The van der Waals surface area contributed by atoms with Gasteiger partial charge in [0.15, 0.2) is 0 Å². The second-order valence-electron chi connectivity index (χ2n) is 0. The summed E-state index contributed by atoms with van der Waals surface area (Å²) in [5.74, 6) is 0. The standard InChI is InChI=1S/Li.H2O.Ru.Sn.3H/h;1H2;;;;;/q+1;;;;;;-1. The predicted molar refractivity (Wildman–Crippen MR) is 13.3 cm³/mol. The normalized spacial score (nSPS) is 0. The summed E-state index contributed by atoms with van der Waals surface area (Å²) in [5, 5.41) is 0. The zero-order valence-electron chi connectivity index (χ0n) is 3.56.